The molecule has 0 saturated heterocycles. The van der Waals surface area contributed by atoms with Crippen LogP contribution in [-0.2, 0) is 9.59 Å². The standard InChI is InChI=1S/C13H25N3O4/c1-13(2,3)16-10(17)7-9-15-12(20)14-8-5-4-6-11(18)19/h4-9H2,1-3H3,(H,16,17)(H,18,19)(H2,14,15,20). The molecule has 0 aliphatic heterocycles. The van der Waals surface area contributed by atoms with Gasteiger partial charge in [-0.1, -0.05) is 0 Å². The zero-order chi connectivity index (χ0) is 15.6. The van der Waals surface area contributed by atoms with E-state index in [1.54, 1.807) is 0 Å². The molecule has 0 aromatic carbocycles. The largest absolute Gasteiger partial charge is 0.481 e. The molecule has 0 unspecified atom stereocenters. The van der Waals surface area contributed by atoms with Gasteiger partial charge in [0, 0.05) is 31.5 Å². The predicted octanol–water partition coefficient (Wildman–Crippen LogP) is 0.845. The minimum Gasteiger partial charge on any atom is -0.481 e. The molecule has 0 aromatic rings. The minimum atomic E-state index is -0.834. The van der Waals surface area contributed by atoms with Gasteiger partial charge in [-0.25, -0.2) is 4.79 Å². The highest BCUT2D eigenvalue weighted by atomic mass is 16.4. The number of nitrogens with one attached hydrogen (secondary N) is 3. The quantitative estimate of drug-likeness (QED) is 0.496. The molecule has 0 aliphatic rings. The molecular weight excluding hydrogens is 262 g/mol. The second kappa shape index (κ2) is 9.17. The lowest BCUT2D eigenvalue weighted by Crippen LogP contribution is -2.43. The SMILES string of the molecule is CC(C)(C)NC(=O)CCNC(=O)NCCCCC(=O)O. The van der Waals surface area contributed by atoms with Crippen molar-refractivity contribution in [1.82, 2.24) is 16.0 Å². The summed E-state index contributed by atoms with van der Waals surface area (Å²) < 4.78 is 0. The molecular formula is C13H25N3O4. The molecule has 0 aliphatic carbocycles. The Hall–Kier alpha value is -1.79. The van der Waals surface area contributed by atoms with Crippen LogP contribution >= 0.6 is 0 Å². The van der Waals surface area contributed by atoms with Crippen molar-refractivity contribution in [1.29, 1.82) is 0 Å². The van der Waals surface area contributed by atoms with E-state index in [1.807, 2.05) is 20.8 Å². The van der Waals surface area contributed by atoms with Crippen LogP contribution in [0.4, 0.5) is 4.79 Å². The number of unbranched alkanes of at least 4 members (excludes halogenated alkanes) is 1. The predicted molar refractivity (Wildman–Crippen MR) is 75.4 cm³/mol. The molecule has 0 rings (SSSR count). The summed E-state index contributed by atoms with van der Waals surface area (Å²) in [6.07, 6.45) is 1.48. The van der Waals surface area contributed by atoms with E-state index >= 15 is 0 Å². The first-order chi connectivity index (χ1) is 9.20. The van der Waals surface area contributed by atoms with E-state index in [0.29, 0.717) is 19.4 Å². The van der Waals surface area contributed by atoms with Gasteiger partial charge in [-0.05, 0) is 33.6 Å². The third-order valence-corrected chi connectivity index (χ3v) is 2.26. The fraction of sp³-hybridized carbons (Fsp3) is 0.769. The van der Waals surface area contributed by atoms with Gasteiger partial charge in [0.25, 0.3) is 0 Å². The van der Waals surface area contributed by atoms with Crippen molar-refractivity contribution in [3.05, 3.63) is 0 Å². The van der Waals surface area contributed by atoms with Crippen molar-refractivity contribution < 1.29 is 19.5 Å². The lowest BCUT2D eigenvalue weighted by molar-refractivity contribution is -0.137. The van der Waals surface area contributed by atoms with Gasteiger partial charge < -0.3 is 21.1 Å². The van der Waals surface area contributed by atoms with Crippen molar-refractivity contribution in [2.24, 2.45) is 0 Å². The van der Waals surface area contributed by atoms with E-state index in [4.69, 9.17) is 5.11 Å². The first-order valence-corrected chi connectivity index (χ1v) is 6.75. The van der Waals surface area contributed by atoms with Crippen molar-refractivity contribution in [2.75, 3.05) is 13.1 Å². The van der Waals surface area contributed by atoms with Gasteiger partial charge >= 0.3 is 12.0 Å². The maximum absolute atomic E-state index is 11.5. The molecule has 4 N–H and O–H groups in total. The fourth-order valence-corrected chi connectivity index (χ4v) is 1.44. The molecule has 0 radical (unpaired) electrons. The molecule has 0 atom stereocenters. The summed E-state index contributed by atoms with van der Waals surface area (Å²) >= 11 is 0. The van der Waals surface area contributed by atoms with Crippen molar-refractivity contribution in [3.8, 4) is 0 Å². The number of rotatable bonds is 8. The minimum absolute atomic E-state index is 0.107. The number of carbonyl (C=O) groups is 3. The third-order valence-electron chi connectivity index (χ3n) is 2.26. The average Bonchev–Trinajstić information content (AvgIpc) is 2.25. The maximum Gasteiger partial charge on any atom is 0.314 e. The van der Waals surface area contributed by atoms with Crippen LogP contribution in [0.2, 0.25) is 0 Å². The Labute approximate surface area is 119 Å². The lowest BCUT2D eigenvalue weighted by atomic mass is 10.1. The molecule has 0 spiro atoms. The van der Waals surface area contributed by atoms with Gasteiger partial charge in [-0.2, -0.15) is 0 Å². The van der Waals surface area contributed by atoms with E-state index in [1.165, 1.54) is 0 Å². The monoisotopic (exact) mass is 287 g/mol. The Kier molecular flexibility index (Phi) is 8.35. The number of carboxylic acids is 1. The molecule has 0 fully saturated rings. The highest BCUT2D eigenvalue weighted by Crippen LogP contribution is 1.98. The molecule has 0 saturated carbocycles. The van der Waals surface area contributed by atoms with Gasteiger partial charge in [0.1, 0.15) is 0 Å². The summed E-state index contributed by atoms with van der Waals surface area (Å²) in [6.45, 7) is 6.36. The van der Waals surface area contributed by atoms with E-state index < -0.39 is 5.97 Å². The van der Waals surface area contributed by atoms with Crippen LogP contribution in [0.25, 0.3) is 0 Å². The summed E-state index contributed by atoms with van der Waals surface area (Å²) in [7, 11) is 0. The van der Waals surface area contributed by atoms with Gasteiger partial charge in [-0.15, -0.1) is 0 Å². The van der Waals surface area contributed by atoms with Crippen molar-refractivity contribution in [3.63, 3.8) is 0 Å². The number of hydrogen-bond acceptors (Lipinski definition) is 3. The Morgan fingerprint density at radius 1 is 0.950 bits per heavy atom. The highest BCUT2D eigenvalue weighted by molar-refractivity contribution is 5.78. The van der Waals surface area contributed by atoms with Gasteiger partial charge in [0.2, 0.25) is 5.91 Å². The number of urea groups is 1. The van der Waals surface area contributed by atoms with Gasteiger partial charge in [-0.3, -0.25) is 9.59 Å². The Bertz CT molecular complexity index is 337. The topological polar surface area (TPSA) is 108 Å². The zero-order valence-corrected chi connectivity index (χ0v) is 12.4. The van der Waals surface area contributed by atoms with Gasteiger partial charge in [0.15, 0.2) is 0 Å². The van der Waals surface area contributed by atoms with Crippen molar-refractivity contribution in [2.45, 2.75) is 52.0 Å². The fourth-order valence-electron chi connectivity index (χ4n) is 1.44. The van der Waals surface area contributed by atoms with E-state index in [9.17, 15) is 14.4 Å². The van der Waals surface area contributed by atoms with Crippen LogP contribution in [0.5, 0.6) is 0 Å². The van der Waals surface area contributed by atoms with Crippen LogP contribution in [0, 0.1) is 0 Å². The van der Waals surface area contributed by atoms with Crippen LogP contribution in [-0.4, -0.2) is 41.6 Å². The number of amides is 3. The van der Waals surface area contributed by atoms with Crippen LogP contribution < -0.4 is 16.0 Å². The lowest BCUT2D eigenvalue weighted by Gasteiger charge is -2.20. The summed E-state index contributed by atoms with van der Waals surface area (Å²) in [5.74, 6) is -0.946. The first-order valence-electron chi connectivity index (χ1n) is 6.75. The van der Waals surface area contributed by atoms with Crippen LogP contribution in [0.1, 0.15) is 46.5 Å². The van der Waals surface area contributed by atoms with E-state index in [-0.39, 0.29) is 36.9 Å². The van der Waals surface area contributed by atoms with Crippen molar-refractivity contribution >= 4 is 17.9 Å². The molecule has 7 heteroatoms. The smallest absolute Gasteiger partial charge is 0.314 e. The second-order valence-corrected chi connectivity index (χ2v) is 5.58. The van der Waals surface area contributed by atoms with E-state index in [2.05, 4.69) is 16.0 Å². The molecule has 20 heavy (non-hydrogen) atoms. The molecule has 0 aromatic heterocycles. The highest BCUT2D eigenvalue weighted by Gasteiger charge is 2.13. The summed E-state index contributed by atoms with van der Waals surface area (Å²) in [6, 6.07) is -0.344. The molecule has 116 valence electrons. The third kappa shape index (κ3) is 12.7. The van der Waals surface area contributed by atoms with Gasteiger partial charge in [0.05, 0.1) is 0 Å². The second-order valence-electron chi connectivity index (χ2n) is 5.58. The summed E-state index contributed by atoms with van der Waals surface area (Å²) in [5, 5.41) is 16.4. The zero-order valence-electron chi connectivity index (χ0n) is 12.4. The number of aliphatic carboxylic acids is 1. The van der Waals surface area contributed by atoms with Crippen LogP contribution in [0.3, 0.4) is 0 Å². The Morgan fingerprint density at radius 2 is 1.55 bits per heavy atom. The van der Waals surface area contributed by atoms with Crippen LogP contribution in [0.15, 0.2) is 0 Å². The number of carbonyl (C=O) groups excluding carboxylic acids is 2. The molecule has 7 nitrogen and oxygen atoms in total. The average molecular weight is 287 g/mol. The first kappa shape index (κ1) is 18.2. The number of hydrogen-bond donors (Lipinski definition) is 4. The summed E-state index contributed by atoms with van der Waals surface area (Å²) in [4.78, 5) is 33.1. The molecule has 3 amide bonds. The normalized spacial score (nSPS) is 10.8. The summed E-state index contributed by atoms with van der Waals surface area (Å²) in [5.41, 5.74) is -0.274. The maximum atomic E-state index is 11.5. The molecule has 0 bridgehead atoms. The van der Waals surface area contributed by atoms with E-state index in [0.717, 1.165) is 0 Å². The Morgan fingerprint density at radius 3 is 2.10 bits per heavy atom. The Balaban J connectivity index is 3.54. The number of carboxylic acid groups (broad SMARTS) is 1. The molecule has 0 heterocycles.